The third kappa shape index (κ3) is 3.51. The van der Waals surface area contributed by atoms with Gasteiger partial charge in [0.05, 0.1) is 11.0 Å². The molecule has 0 aliphatic carbocycles. The van der Waals surface area contributed by atoms with E-state index < -0.39 is 28.3 Å². The molecule has 21 heavy (non-hydrogen) atoms. The Hall–Kier alpha value is -2.54. The normalized spacial score (nSPS) is 12.0. The summed E-state index contributed by atoms with van der Waals surface area (Å²) in [6.07, 6.45) is -0.885. The van der Waals surface area contributed by atoms with E-state index in [1.165, 1.54) is 19.1 Å². The Labute approximate surface area is 118 Å². The molecule has 0 spiro atoms. The van der Waals surface area contributed by atoms with Gasteiger partial charge in [0.2, 0.25) is 5.75 Å². The lowest BCUT2D eigenvalue weighted by molar-refractivity contribution is -0.385. The molecular formula is C14H11F2NO4. The third-order valence-electron chi connectivity index (χ3n) is 2.73. The predicted molar refractivity (Wildman–Crippen MR) is 70.2 cm³/mol. The molecule has 1 N–H and O–H groups in total. The van der Waals surface area contributed by atoms with Gasteiger partial charge in [-0.2, -0.15) is 0 Å². The van der Waals surface area contributed by atoms with Crippen molar-refractivity contribution in [2.24, 2.45) is 0 Å². The van der Waals surface area contributed by atoms with Gasteiger partial charge in [-0.1, -0.05) is 6.07 Å². The van der Waals surface area contributed by atoms with Crippen LogP contribution in [0.25, 0.3) is 0 Å². The monoisotopic (exact) mass is 295 g/mol. The topological polar surface area (TPSA) is 72.6 Å². The van der Waals surface area contributed by atoms with E-state index in [0.717, 1.165) is 18.2 Å². The summed E-state index contributed by atoms with van der Waals surface area (Å²) >= 11 is 0. The highest BCUT2D eigenvalue weighted by molar-refractivity contribution is 5.51. The van der Waals surface area contributed by atoms with Crippen LogP contribution in [0.4, 0.5) is 14.5 Å². The Morgan fingerprint density at radius 1 is 1.19 bits per heavy atom. The number of nitro groups is 1. The van der Waals surface area contributed by atoms with E-state index in [4.69, 9.17) is 4.74 Å². The first-order valence-corrected chi connectivity index (χ1v) is 5.97. The van der Waals surface area contributed by atoms with Gasteiger partial charge >= 0.3 is 5.69 Å². The van der Waals surface area contributed by atoms with E-state index in [0.29, 0.717) is 11.6 Å². The van der Waals surface area contributed by atoms with Crippen molar-refractivity contribution in [3.63, 3.8) is 0 Å². The van der Waals surface area contributed by atoms with Gasteiger partial charge in [0, 0.05) is 24.3 Å². The second-order valence-corrected chi connectivity index (χ2v) is 4.37. The standard InChI is InChI=1S/C14H11F2NO4/c1-8(18)9-2-3-14(13(4-9)17(19)20)21-12-6-10(15)5-11(16)7-12/h2-8,18H,1H3/t8-/m1/s1. The van der Waals surface area contributed by atoms with E-state index >= 15 is 0 Å². The smallest absolute Gasteiger partial charge is 0.311 e. The van der Waals surface area contributed by atoms with Gasteiger partial charge in [-0.3, -0.25) is 10.1 Å². The number of hydrogen-bond donors (Lipinski definition) is 1. The van der Waals surface area contributed by atoms with Crippen LogP contribution in [0, 0.1) is 21.7 Å². The van der Waals surface area contributed by atoms with Crippen molar-refractivity contribution in [1.82, 2.24) is 0 Å². The number of aliphatic hydroxyl groups excluding tert-OH is 1. The average molecular weight is 295 g/mol. The van der Waals surface area contributed by atoms with Gasteiger partial charge < -0.3 is 9.84 Å². The van der Waals surface area contributed by atoms with Crippen LogP contribution in [0.15, 0.2) is 36.4 Å². The molecule has 0 amide bonds. The molecule has 1 atom stereocenters. The van der Waals surface area contributed by atoms with Crippen LogP contribution in [0.1, 0.15) is 18.6 Å². The summed E-state index contributed by atoms with van der Waals surface area (Å²) < 4.78 is 31.3. The van der Waals surface area contributed by atoms with Crippen LogP contribution in [0.5, 0.6) is 11.5 Å². The molecule has 5 nitrogen and oxygen atoms in total. The lowest BCUT2D eigenvalue weighted by Crippen LogP contribution is -1.98. The summed E-state index contributed by atoms with van der Waals surface area (Å²) in [7, 11) is 0. The molecule has 2 aromatic rings. The van der Waals surface area contributed by atoms with Gasteiger partial charge in [-0.15, -0.1) is 0 Å². The Morgan fingerprint density at radius 3 is 2.33 bits per heavy atom. The number of rotatable bonds is 4. The first-order chi connectivity index (χ1) is 9.86. The Balaban J connectivity index is 2.41. The molecule has 2 aromatic carbocycles. The maximum Gasteiger partial charge on any atom is 0.311 e. The third-order valence-corrected chi connectivity index (χ3v) is 2.73. The van der Waals surface area contributed by atoms with E-state index in [1.807, 2.05) is 0 Å². The fraction of sp³-hybridized carbons (Fsp3) is 0.143. The van der Waals surface area contributed by atoms with Crippen molar-refractivity contribution in [2.45, 2.75) is 13.0 Å². The largest absolute Gasteiger partial charge is 0.450 e. The summed E-state index contributed by atoms with van der Waals surface area (Å²) in [6, 6.07) is 6.34. The SMILES string of the molecule is C[C@@H](O)c1ccc(Oc2cc(F)cc(F)c2)c([N+](=O)[O-])c1. The van der Waals surface area contributed by atoms with Crippen molar-refractivity contribution < 1.29 is 23.5 Å². The lowest BCUT2D eigenvalue weighted by Gasteiger charge is -2.09. The minimum atomic E-state index is -0.885. The molecule has 0 aliphatic heterocycles. The molecule has 0 radical (unpaired) electrons. The van der Waals surface area contributed by atoms with Gasteiger partial charge in [0.25, 0.3) is 0 Å². The summed E-state index contributed by atoms with van der Waals surface area (Å²) in [5, 5.41) is 20.4. The van der Waals surface area contributed by atoms with Gasteiger partial charge in [-0.05, 0) is 18.6 Å². The highest BCUT2D eigenvalue weighted by Crippen LogP contribution is 2.34. The molecule has 0 saturated heterocycles. The fourth-order valence-corrected chi connectivity index (χ4v) is 1.74. The molecular weight excluding hydrogens is 284 g/mol. The Bertz CT molecular complexity index is 668. The number of benzene rings is 2. The van der Waals surface area contributed by atoms with Crippen LogP contribution in [-0.4, -0.2) is 10.0 Å². The number of nitro benzene ring substituents is 1. The molecule has 0 unspecified atom stereocenters. The Kier molecular flexibility index (Phi) is 4.13. The number of ether oxygens (including phenoxy) is 1. The zero-order valence-corrected chi connectivity index (χ0v) is 10.9. The number of nitrogens with zero attached hydrogens (tertiary/aromatic N) is 1. The quantitative estimate of drug-likeness (QED) is 0.689. The van der Waals surface area contributed by atoms with E-state index in [1.54, 1.807) is 0 Å². The van der Waals surface area contributed by atoms with Gasteiger partial charge in [0.15, 0.2) is 0 Å². The summed E-state index contributed by atoms with van der Waals surface area (Å²) in [5.41, 5.74) is -0.0717. The second-order valence-electron chi connectivity index (χ2n) is 4.37. The molecule has 0 aromatic heterocycles. The van der Waals surface area contributed by atoms with Crippen molar-refractivity contribution in [3.05, 3.63) is 63.7 Å². The van der Waals surface area contributed by atoms with Crippen LogP contribution in [-0.2, 0) is 0 Å². The predicted octanol–water partition coefficient (Wildman–Crippen LogP) is 3.72. The van der Waals surface area contributed by atoms with Crippen molar-refractivity contribution in [3.8, 4) is 11.5 Å². The van der Waals surface area contributed by atoms with Crippen LogP contribution in [0.2, 0.25) is 0 Å². The number of aliphatic hydroxyl groups is 1. The van der Waals surface area contributed by atoms with Gasteiger partial charge in [0.1, 0.15) is 17.4 Å². The van der Waals surface area contributed by atoms with Crippen molar-refractivity contribution in [2.75, 3.05) is 0 Å². The van der Waals surface area contributed by atoms with Crippen LogP contribution in [0.3, 0.4) is 0 Å². The molecule has 7 heteroatoms. The summed E-state index contributed by atoms with van der Waals surface area (Å²) in [6.45, 7) is 1.46. The molecule has 0 heterocycles. The minimum Gasteiger partial charge on any atom is -0.450 e. The van der Waals surface area contributed by atoms with E-state index in [2.05, 4.69) is 0 Å². The second kappa shape index (κ2) is 5.84. The van der Waals surface area contributed by atoms with Crippen LogP contribution < -0.4 is 4.74 Å². The van der Waals surface area contributed by atoms with E-state index in [-0.39, 0.29) is 11.5 Å². The average Bonchev–Trinajstić information content (AvgIpc) is 2.37. The van der Waals surface area contributed by atoms with Crippen molar-refractivity contribution >= 4 is 5.69 Å². The molecule has 0 saturated carbocycles. The molecule has 0 fully saturated rings. The zero-order chi connectivity index (χ0) is 15.6. The van der Waals surface area contributed by atoms with Crippen LogP contribution >= 0.6 is 0 Å². The number of halogens is 2. The first-order valence-electron chi connectivity index (χ1n) is 5.97. The highest BCUT2D eigenvalue weighted by Gasteiger charge is 2.18. The van der Waals surface area contributed by atoms with E-state index in [9.17, 15) is 24.0 Å². The molecule has 0 aliphatic rings. The minimum absolute atomic E-state index is 0.172. The number of hydrogen-bond acceptors (Lipinski definition) is 4. The van der Waals surface area contributed by atoms with Gasteiger partial charge in [-0.25, -0.2) is 8.78 Å². The zero-order valence-electron chi connectivity index (χ0n) is 10.9. The summed E-state index contributed by atoms with van der Waals surface area (Å²) in [5.74, 6) is -2.07. The molecule has 110 valence electrons. The molecule has 0 bridgehead atoms. The Morgan fingerprint density at radius 2 is 1.81 bits per heavy atom. The maximum absolute atomic E-state index is 13.1. The first kappa shape index (κ1) is 14.9. The highest BCUT2D eigenvalue weighted by atomic mass is 19.1. The summed E-state index contributed by atoms with van der Waals surface area (Å²) in [4.78, 5) is 10.3. The maximum atomic E-state index is 13.1. The lowest BCUT2D eigenvalue weighted by atomic mass is 10.1. The van der Waals surface area contributed by atoms with Crippen molar-refractivity contribution in [1.29, 1.82) is 0 Å². The molecule has 2 rings (SSSR count). The fourth-order valence-electron chi connectivity index (χ4n) is 1.74.